The molecule has 0 aliphatic carbocycles. The van der Waals surface area contributed by atoms with E-state index in [-0.39, 0.29) is 11.1 Å². The summed E-state index contributed by atoms with van der Waals surface area (Å²) in [4.78, 5) is 50.2. The number of nitrogens with zero attached hydrogens (tertiary/aromatic N) is 1. The number of carbonyl (C=O) groups excluding carboxylic acids is 4. The summed E-state index contributed by atoms with van der Waals surface area (Å²) in [6.07, 6.45) is 0. The summed E-state index contributed by atoms with van der Waals surface area (Å²) in [5.74, 6) is -2.58. The zero-order valence-corrected chi connectivity index (χ0v) is 16.9. The molecule has 1 N–H and O–H groups in total. The maximum absolute atomic E-state index is 12.4. The summed E-state index contributed by atoms with van der Waals surface area (Å²) in [5, 5.41) is 2.98. The van der Waals surface area contributed by atoms with Gasteiger partial charge in [0.15, 0.2) is 6.61 Å². The standard InChI is InChI=1S/C21H19ClN2O5/c1-11-8-12(2)18(16(22)9-11)23-17(25)10-29-21(28)13(3)24-19(26)14-6-4-5-7-15(14)20(24)27/h4-9,13H,10H2,1-3H3,(H,23,25)/t13-/m0/s1. The van der Waals surface area contributed by atoms with E-state index in [0.717, 1.165) is 16.0 Å². The second-order valence-electron chi connectivity index (χ2n) is 6.80. The highest BCUT2D eigenvalue weighted by molar-refractivity contribution is 6.34. The topological polar surface area (TPSA) is 92.8 Å². The van der Waals surface area contributed by atoms with E-state index in [1.54, 1.807) is 25.1 Å². The van der Waals surface area contributed by atoms with Crippen LogP contribution in [-0.2, 0) is 14.3 Å². The second kappa shape index (κ2) is 8.05. The van der Waals surface area contributed by atoms with E-state index >= 15 is 0 Å². The number of fused-ring (bicyclic) bond motifs is 1. The number of anilines is 1. The molecular formula is C21H19ClN2O5. The van der Waals surface area contributed by atoms with Crippen LogP contribution < -0.4 is 5.32 Å². The first kappa shape index (κ1) is 20.5. The van der Waals surface area contributed by atoms with Crippen molar-refractivity contribution in [1.29, 1.82) is 0 Å². The molecule has 3 rings (SSSR count). The van der Waals surface area contributed by atoms with Gasteiger partial charge >= 0.3 is 5.97 Å². The number of aryl methyl sites for hydroxylation is 2. The van der Waals surface area contributed by atoms with Gasteiger partial charge in [-0.05, 0) is 50.1 Å². The van der Waals surface area contributed by atoms with Gasteiger partial charge in [-0.3, -0.25) is 19.3 Å². The Morgan fingerprint density at radius 2 is 1.69 bits per heavy atom. The largest absolute Gasteiger partial charge is 0.454 e. The number of benzene rings is 2. The number of hydrogen-bond donors (Lipinski definition) is 1. The Labute approximate surface area is 172 Å². The van der Waals surface area contributed by atoms with E-state index in [2.05, 4.69) is 5.32 Å². The Balaban J connectivity index is 1.62. The molecule has 29 heavy (non-hydrogen) atoms. The summed E-state index contributed by atoms with van der Waals surface area (Å²) in [6.45, 7) is 4.48. The molecule has 0 spiro atoms. The van der Waals surface area contributed by atoms with Crippen LogP contribution in [0, 0.1) is 13.8 Å². The van der Waals surface area contributed by atoms with Gasteiger partial charge in [0.2, 0.25) is 0 Å². The first-order valence-corrected chi connectivity index (χ1v) is 9.28. The molecule has 2 aromatic rings. The number of amides is 3. The van der Waals surface area contributed by atoms with Crippen LogP contribution in [0.3, 0.4) is 0 Å². The first-order valence-electron chi connectivity index (χ1n) is 8.91. The van der Waals surface area contributed by atoms with Crippen molar-refractivity contribution in [3.8, 4) is 0 Å². The summed E-state index contributed by atoms with van der Waals surface area (Å²) < 4.78 is 5.01. The molecule has 1 heterocycles. The van der Waals surface area contributed by atoms with E-state index in [9.17, 15) is 19.2 Å². The molecule has 0 fully saturated rings. The Bertz CT molecular complexity index is 975. The summed E-state index contributed by atoms with van der Waals surface area (Å²) in [5.41, 5.74) is 2.63. The summed E-state index contributed by atoms with van der Waals surface area (Å²) in [7, 11) is 0. The Morgan fingerprint density at radius 3 is 2.24 bits per heavy atom. The average molecular weight is 415 g/mol. The number of rotatable bonds is 5. The van der Waals surface area contributed by atoms with Gasteiger partial charge in [-0.1, -0.05) is 29.8 Å². The normalized spacial score (nSPS) is 13.9. The molecule has 150 valence electrons. The molecule has 1 aliphatic rings. The fourth-order valence-corrected chi connectivity index (χ4v) is 3.54. The van der Waals surface area contributed by atoms with Crippen LogP contribution in [0.1, 0.15) is 38.8 Å². The molecule has 0 radical (unpaired) electrons. The lowest BCUT2D eigenvalue weighted by atomic mass is 10.1. The lowest BCUT2D eigenvalue weighted by Crippen LogP contribution is -2.44. The van der Waals surface area contributed by atoms with Gasteiger partial charge in [0.25, 0.3) is 17.7 Å². The number of carbonyl (C=O) groups is 4. The Morgan fingerprint density at radius 1 is 1.10 bits per heavy atom. The van der Waals surface area contributed by atoms with Crippen molar-refractivity contribution in [1.82, 2.24) is 4.90 Å². The predicted octanol–water partition coefficient (Wildman–Crippen LogP) is 3.12. The fraction of sp³-hybridized carbons (Fsp3) is 0.238. The molecule has 0 bridgehead atoms. The van der Waals surface area contributed by atoms with Gasteiger partial charge in [-0.2, -0.15) is 0 Å². The van der Waals surface area contributed by atoms with E-state index in [0.29, 0.717) is 10.7 Å². The highest BCUT2D eigenvalue weighted by Crippen LogP contribution is 2.27. The smallest absolute Gasteiger partial charge is 0.329 e. The van der Waals surface area contributed by atoms with Crippen LogP contribution in [0.5, 0.6) is 0 Å². The van der Waals surface area contributed by atoms with E-state index in [1.807, 2.05) is 13.0 Å². The first-order chi connectivity index (χ1) is 13.7. The SMILES string of the molecule is Cc1cc(C)c(NC(=O)COC(=O)[C@H](C)N2C(=O)c3ccccc3C2=O)c(Cl)c1. The lowest BCUT2D eigenvalue weighted by molar-refractivity contribution is -0.150. The van der Waals surface area contributed by atoms with E-state index in [4.69, 9.17) is 16.3 Å². The maximum Gasteiger partial charge on any atom is 0.329 e. The third-order valence-corrected chi connectivity index (χ3v) is 4.89. The molecule has 1 aliphatic heterocycles. The van der Waals surface area contributed by atoms with Gasteiger partial charge in [-0.15, -0.1) is 0 Å². The highest BCUT2D eigenvalue weighted by Gasteiger charge is 2.41. The van der Waals surface area contributed by atoms with Crippen molar-refractivity contribution in [3.63, 3.8) is 0 Å². The Hall–Kier alpha value is -3.19. The maximum atomic E-state index is 12.4. The van der Waals surface area contributed by atoms with Crippen LogP contribution in [0.4, 0.5) is 5.69 Å². The van der Waals surface area contributed by atoms with Gasteiger partial charge in [0.1, 0.15) is 6.04 Å². The van der Waals surface area contributed by atoms with Crippen LogP contribution in [0.2, 0.25) is 5.02 Å². The number of halogens is 1. The van der Waals surface area contributed by atoms with E-state index < -0.39 is 36.3 Å². The minimum Gasteiger partial charge on any atom is -0.454 e. The molecule has 3 amide bonds. The summed E-state index contributed by atoms with van der Waals surface area (Å²) >= 11 is 6.15. The van der Waals surface area contributed by atoms with E-state index in [1.165, 1.54) is 19.1 Å². The van der Waals surface area contributed by atoms with Crippen molar-refractivity contribution in [2.45, 2.75) is 26.8 Å². The van der Waals surface area contributed by atoms with Crippen LogP contribution in [0.15, 0.2) is 36.4 Å². The zero-order chi connectivity index (χ0) is 21.3. The lowest BCUT2D eigenvalue weighted by Gasteiger charge is -2.20. The second-order valence-corrected chi connectivity index (χ2v) is 7.20. The van der Waals surface area contributed by atoms with Crippen molar-refractivity contribution < 1.29 is 23.9 Å². The zero-order valence-electron chi connectivity index (χ0n) is 16.1. The molecular weight excluding hydrogens is 396 g/mol. The van der Waals surface area contributed by atoms with Crippen molar-refractivity contribution >= 4 is 41.0 Å². The Kier molecular flexibility index (Phi) is 5.70. The molecule has 0 saturated carbocycles. The van der Waals surface area contributed by atoms with Crippen LogP contribution in [0.25, 0.3) is 0 Å². The monoisotopic (exact) mass is 414 g/mol. The molecule has 0 aromatic heterocycles. The van der Waals surface area contributed by atoms with Gasteiger partial charge < -0.3 is 10.1 Å². The molecule has 1 atom stereocenters. The molecule has 0 unspecified atom stereocenters. The third kappa shape index (κ3) is 4.00. The molecule has 8 heteroatoms. The fourth-order valence-electron chi connectivity index (χ4n) is 3.17. The van der Waals surface area contributed by atoms with Crippen molar-refractivity contribution in [2.24, 2.45) is 0 Å². The van der Waals surface area contributed by atoms with Crippen LogP contribution in [-0.4, -0.2) is 41.2 Å². The van der Waals surface area contributed by atoms with Crippen molar-refractivity contribution in [3.05, 3.63) is 63.7 Å². The predicted molar refractivity (Wildman–Crippen MR) is 107 cm³/mol. The van der Waals surface area contributed by atoms with Gasteiger partial charge in [0, 0.05) is 0 Å². The third-order valence-electron chi connectivity index (χ3n) is 4.60. The minimum atomic E-state index is -1.17. The molecule has 2 aromatic carbocycles. The minimum absolute atomic E-state index is 0.236. The van der Waals surface area contributed by atoms with Crippen LogP contribution >= 0.6 is 11.6 Å². The highest BCUT2D eigenvalue weighted by atomic mass is 35.5. The number of nitrogens with one attached hydrogen (secondary N) is 1. The number of ether oxygens (including phenoxy) is 1. The number of imide groups is 1. The molecule has 7 nitrogen and oxygen atoms in total. The number of esters is 1. The van der Waals surface area contributed by atoms with Crippen molar-refractivity contribution in [2.75, 3.05) is 11.9 Å². The molecule has 0 saturated heterocycles. The average Bonchev–Trinajstić information content (AvgIpc) is 2.93. The van der Waals surface area contributed by atoms with Gasteiger partial charge in [0.05, 0.1) is 21.8 Å². The number of hydrogen-bond acceptors (Lipinski definition) is 5. The van der Waals surface area contributed by atoms with Gasteiger partial charge in [-0.25, -0.2) is 4.79 Å². The summed E-state index contributed by atoms with van der Waals surface area (Å²) in [6, 6.07) is 8.72. The quantitative estimate of drug-likeness (QED) is 0.599.